The normalized spacial score (nSPS) is 16.3. The van der Waals surface area contributed by atoms with E-state index in [1.54, 1.807) is 24.3 Å². The van der Waals surface area contributed by atoms with Crippen molar-refractivity contribution in [2.24, 2.45) is 17.8 Å². The minimum absolute atomic E-state index is 0.0373. The Labute approximate surface area is 353 Å². The second-order valence-electron chi connectivity index (χ2n) is 16.5. The summed E-state index contributed by atoms with van der Waals surface area (Å²) >= 11 is 0. The predicted octanol–water partition coefficient (Wildman–Crippen LogP) is 13.8. The molecule has 0 spiro atoms. The molecule has 4 nitrogen and oxygen atoms in total. The van der Waals surface area contributed by atoms with E-state index in [2.05, 4.69) is 49.7 Å². The molecule has 59 heavy (non-hydrogen) atoms. The Hall–Kier alpha value is -4.55. The first kappa shape index (κ1) is 45.5. The van der Waals surface area contributed by atoms with Crippen molar-refractivity contribution < 1.29 is 27.8 Å². The standard InChI is InChI=1S/C53H66F2O4/c1-3-5-7-9-11-13-15-17-19-33-57-51-31-26-42(38-49(51)54)22-21-41-23-28-45(47(35-41)40-59-53(56)48-37-44-25-30-46(48)36-44)29-24-43-27-32-52(50(55)39-43)58-34-20-18-16-14-12-10-8-6-4-2/h23,25-28,30-32,35,38-39,44,46,48H,3-20,33-34,36-37,40H2,1-2H3. The molecule has 3 aromatic rings. The lowest BCUT2D eigenvalue weighted by atomic mass is 9.94. The molecule has 3 unspecified atom stereocenters. The van der Waals surface area contributed by atoms with Crippen molar-refractivity contribution in [2.75, 3.05) is 13.2 Å². The van der Waals surface area contributed by atoms with Gasteiger partial charge in [0, 0.05) is 27.8 Å². The van der Waals surface area contributed by atoms with Crippen molar-refractivity contribution in [2.45, 2.75) is 149 Å². The summed E-state index contributed by atoms with van der Waals surface area (Å²) in [5.41, 5.74) is 3.07. The summed E-state index contributed by atoms with van der Waals surface area (Å²) in [4.78, 5) is 13.2. The van der Waals surface area contributed by atoms with Crippen LogP contribution in [0.4, 0.5) is 8.78 Å². The van der Waals surface area contributed by atoms with E-state index >= 15 is 4.39 Å². The van der Waals surface area contributed by atoms with Gasteiger partial charge in [0.25, 0.3) is 0 Å². The minimum atomic E-state index is -0.442. The van der Waals surface area contributed by atoms with Crippen LogP contribution >= 0.6 is 0 Å². The number of fused-ring (bicyclic) bond motifs is 2. The Balaban J connectivity index is 1.16. The fourth-order valence-corrected chi connectivity index (χ4v) is 8.09. The van der Waals surface area contributed by atoms with Gasteiger partial charge in [-0.2, -0.15) is 0 Å². The fourth-order valence-electron chi connectivity index (χ4n) is 8.09. The number of esters is 1. The molecule has 6 heteroatoms. The third-order valence-electron chi connectivity index (χ3n) is 11.6. The highest BCUT2D eigenvalue weighted by Crippen LogP contribution is 2.44. The molecular formula is C53H66F2O4. The van der Waals surface area contributed by atoms with Crippen LogP contribution in [-0.2, 0) is 16.1 Å². The average molecular weight is 805 g/mol. The first-order chi connectivity index (χ1) is 28.9. The SMILES string of the molecule is CCCCCCCCCCCOc1ccc(C#Cc2ccc(C#Cc3ccc(OCCCCCCCCCCC)c(F)c3)c(COC(=O)C3CC4C=CC3C4)c2)cc1F. The van der Waals surface area contributed by atoms with Crippen LogP contribution in [0.25, 0.3) is 0 Å². The molecule has 0 saturated heterocycles. The van der Waals surface area contributed by atoms with Crippen LogP contribution in [0.15, 0.2) is 66.7 Å². The van der Waals surface area contributed by atoms with E-state index in [1.165, 1.54) is 102 Å². The Kier molecular flexibility index (Phi) is 19.9. The molecule has 1 fully saturated rings. The monoisotopic (exact) mass is 804 g/mol. The molecule has 3 atom stereocenters. The van der Waals surface area contributed by atoms with Gasteiger partial charge in [0.2, 0.25) is 0 Å². The number of hydrogen-bond donors (Lipinski definition) is 0. The summed E-state index contributed by atoms with van der Waals surface area (Å²) < 4.78 is 47.4. The Bertz CT molecular complexity index is 1910. The van der Waals surface area contributed by atoms with Gasteiger partial charge in [-0.1, -0.05) is 152 Å². The predicted molar refractivity (Wildman–Crippen MR) is 235 cm³/mol. The summed E-state index contributed by atoms with van der Waals surface area (Å²) in [6.07, 6.45) is 28.1. The zero-order chi connectivity index (χ0) is 41.5. The number of ether oxygens (including phenoxy) is 3. The van der Waals surface area contributed by atoms with Gasteiger partial charge in [-0.25, -0.2) is 8.78 Å². The molecule has 3 aromatic carbocycles. The van der Waals surface area contributed by atoms with Gasteiger partial charge in [-0.05, 0) is 92.1 Å². The van der Waals surface area contributed by atoms with Crippen molar-refractivity contribution in [1.82, 2.24) is 0 Å². The van der Waals surface area contributed by atoms with E-state index in [9.17, 15) is 9.18 Å². The Morgan fingerprint density at radius 2 is 1.05 bits per heavy atom. The lowest BCUT2D eigenvalue weighted by Crippen LogP contribution is -2.21. The number of carbonyl (C=O) groups excluding carboxylic acids is 1. The van der Waals surface area contributed by atoms with Crippen LogP contribution in [0.1, 0.15) is 170 Å². The minimum Gasteiger partial charge on any atom is -0.491 e. The van der Waals surface area contributed by atoms with Crippen molar-refractivity contribution in [3.8, 4) is 35.2 Å². The van der Waals surface area contributed by atoms with Crippen LogP contribution in [-0.4, -0.2) is 19.2 Å². The molecule has 0 aromatic heterocycles. The first-order valence-corrected chi connectivity index (χ1v) is 22.8. The number of allylic oxidation sites excluding steroid dienone is 2. The number of hydrogen-bond acceptors (Lipinski definition) is 4. The zero-order valence-electron chi connectivity index (χ0n) is 35.7. The molecule has 2 bridgehead atoms. The van der Waals surface area contributed by atoms with Crippen molar-refractivity contribution in [3.63, 3.8) is 0 Å². The largest absolute Gasteiger partial charge is 0.491 e. The van der Waals surface area contributed by atoms with E-state index in [0.29, 0.717) is 46.9 Å². The van der Waals surface area contributed by atoms with Gasteiger partial charge in [-0.3, -0.25) is 4.79 Å². The third kappa shape index (κ3) is 15.9. The second-order valence-corrected chi connectivity index (χ2v) is 16.5. The molecule has 2 aliphatic rings. The zero-order valence-corrected chi connectivity index (χ0v) is 35.7. The maximum atomic E-state index is 15.0. The van der Waals surface area contributed by atoms with Crippen molar-refractivity contribution in [1.29, 1.82) is 0 Å². The summed E-state index contributed by atoms with van der Waals surface area (Å²) in [6, 6.07) is 15.1. The molecule has 1 saturated carbocycles. The summed E-state index contributed by atoms with van der Waals surface area (Å²) in [7, 11) is 0. The summed E-state index contributed by atoms with van der Waals surface area (Å²) in [6.45, 7) is 5.49. The number of unbranched alkanes of at least 4 members (excludes halogenated alkanes) is 16. The number of benzene rings is 3. The third-order valence-corrected chi connectivity index (χ3v) is 11.6. The van der Waals surface area contributed by atoms with Gasteiger partial charge in [0.15, 0.2) is 23.1 Å². The molecular weight excluding hydrogens is 739 g/mol. The lowest BCUT2D eigenvalue weighted by molar-refractivity contribution is -0.150. The Morgan fingerprint density at radius 3 is 1.53 bits per heavy atom. The quantitative estimate of drug-likeness (QED) is 0.0370. The van der Waals surface area contributed by atoms with Crippen LogP contribution in [0.5, 0.6) is 11.5 Å². The maximum Gasteiger partial charge on any atom is 0.309 e. The van der Waals surface area contributed by atoms with Gasteiger partial charge < -0.3 is 14.2 Å². The van der Waals surface area contributed by atoms with Gasteiger partial charge in [-0.15, -0.1) is 0 Å². The van der Waals surface area contributed by atoms with Crippen LogP contribution < -0.4 is 9.47 Å². The number of carbonyl (C=O) groups is 1. The van der Waals surface area contributed by atoms with Crippen LogP contribution in [0.2, 0.25) is 0 Å². The molecule has 0 N–H and O–H groups in total. The smallest absolute Gasteiger partial charge is 0.309 e. The number of rotatable bonds is 25. The summed E-state index contributed by atoms with van der Waals surface area (Å²) in [5, 5.41) is 0. The fraction of sp³-hybridized carbons (Fsp3) is 0.528. The molecule has 5 rings (SSSR count). The molecule has 0 heterocycles. The van der Waals surface area contributed by atoms with E-state index in [1.807, 2.05) is 18.2 Å². The van der Waals surface area contributed by atoms with E-state index in [0.717, 1.165) is 38.5 Å². The molecule has 2 aliphatic carbocycles. The highest BCUT2D eigenvalue weighted by atomic mass is 19.1. The first-order valence-electron chi connectivity index (χ1n) is 22.8. The van der Waals surface area contributed by atoms with Gasteiger partial charge in [0.1, 0.15) is 6.61 Å². The number of halogens is 2. The summed E-state index contributed by atoms with van der Waals surface area (Å²) in [5.74, 6) is 12.4. The average Bonchev–Trinajstić information content (AvgIpc) is 3.89. The van der Waals surface area contributed by atoms with Crippen LogP contribution in [0, 0.1) is 53.1 Å². The highest BCUT2D eigenvalue weighted by molar-refractivity contribution is 5.74. The van der Waals surface area contributed by atoms with Crippen molar-refractivity contribution >= 4 is 5.97 Å². The highest BCUT2D eigenvalue weighted by Gasteiger charge is 2.40. The molecule has 0 amide bonds. The maximum absolute atomic E-state index is 15.0. The van der Waals surface area contributed by atoms with Crippen molar-refractivity contribution in [3.05, 3.63) is 106 Å². The van der Waals surface area contributed by atoms with Gasteiger partial charge in [0.05, 0.1) is 19.1 Å². The van der Waals surface area contributed by atoms with Gasteiger partial charge >= 0.3 is 5.97 Å². The topological polar surface area (TPSA) is 44.8 Å². The van der Waals surface area contributed by atoms with E-state index in [-0.39, 0.29) is 35.9 Å². The molecule has 0 radical (unpaired) electrons. The molecule has 316 valence electrons. The second kappa shape index (κ2) is 25.8. The molecule has 0 aliphatic heterocycles. The van der Waals surface area contributed by atoms with Crippen LogP contribution in [0.3, 0.4) is 0 Å². The lowest BCUT2D eigenvalue weighted by Gasteiger charge is -2.17. The van der Waals surface area contributed by atoms with E-state index < -0.39 is 11.6 Å². The van der Waals surface area contributed by atoms with E-state index in [4.69, 9.17) is 14.2 Å². The Morgan fingerprint density at radius 1 is 0.576 bits per heavy atom.